The summed E-state index contributed by atoms with van der Waals surface area (Å²) in [5.41, 5.74) is 6.28. The number of hydrogen-bond donors (Lipinski definition) is 10. The number of aromatic nitrogens is 8. The highest BCUT2D eigenvalue weighted by atomic mass is 31.3. The number of nitrogens with one attached hydrogen (secondary N) is 2. The highest BCUT2D eigenvalue weighted by molar-refractivity contribution is 7.61. The molecule has 286 valence electrons. The number of nitrogens with zero attached hydrogens (tertiary/aromatic N) is 6. The first-order valence-electron chi connectivity index (χ1n) is 15.5. The van der Waals surface area contributed by atoms with E-state index in [-0.39, 0.29) is 28.1 Å². The number of phosphoric acid groups is 2. The lowest BCUT2D eigenvalue weighted by molar-refractivity contribution is -0.657. The van der Waals surface area contributed by atoms with Crippen LogP contribution in [0.1, 0.15) is 17.4 Å². The number of nitrogen functional groups attached to an aromatic ring is 1. The number of H-pyrrole nitrogens is 2. The van der Waals surface area contributed by atoms with Crippen LogP contribution in [0, 0.1) is 13.8 Å². The van der Waals surface area contributed by atoms with E-state index in [0.717, 1.165) is 17.5 Å². The Morgan fingerprint density at radius 1 is 0.981 bits per heavy atom. The Hall–Kier alpha value is -4.13. The third-order valence-corrected chi connectivity index (χ3v) is 11.1. The van der Waals surface area contributed by atoms with Gasteiger partial charge in [0.1, 0.15) is 60.5 Å². The Kier molecular flexibility index (Phi) is 10.6. The van der Waals surface area contributed by atoms with Gasteiger partial charge in [0.2, 0.25) is 5.52 Å². The molecular weight excluding hydrogens is 752 g/mol. The smallest absolute Gasteiger partial charge is 0.388 e. The first-order chi connectivity index (χ1) is 24.9. The zero-order chi connectivity index (χ0) is 38.6. The monoisotopic (exact) mass is 786 g/mol. The van der Waals surface area contributed by atoms with Crippen LogP contribution in [0.2, 0.25) is 0 Å². The molecule has 24 nitrogen and oxygen atoms in total. The second kappa shape index (κ2) is 14.6. The first-order valence-corrected chi connectivity index (χ1v) is 18.5. The maximum absolute atomic E-state index is 12.5. The van der Waals surface area contributed by atoms with Gasteiger partial charge in [-0.15, -0.1) is 0 Å². The van der Waals surface area contributed by atoms with E-state index in [1.54, 1.807) is 26.0 Å². The molecule has 9 atom stereocenters. The molecule has 4 aromatic heterocycles. The molecule has 6 rings (SSSR count). The Morgan fingerprint density at radius 2 is 1.68 bits per heavy atom. The largest absolute Gasteiger partial charge is 0.481 e. The summed E-state index contributed by atoms with van der Waals surface area (Å²) in [4.78, 5) is 65.4. The molecule has 53 heavy (non-hydrogen) atoms. The standard InChI is InChI=1S/C27H33N9O15P2/c1-10-3-12-13(4-11(10)2)35(24-18(32-12)25(42)34-27(43)33-24)5-14(37)19(39)15(38)6-48-52(44,45)51-53(46,47)49-7-16-20(40)21(41)26(50-16)36-9-31-17-22(28)29-8-30-23(17)36/h3-4,8-9,14-16,19-21,26,37-41H,5-7H2,1-2H3,(H5,28,29,30,34,42,43,44,45,46,47)/p+1/t14-,15-,16+,19+,20+,21+,26+/m0/s1. The summed E-state index contributed by atoms with van der Waals surface area (Å²) in [6, 6.07) is 3.33. The van der Waals surface area contributed by atoms with Gasteiger partial charge in [0, 0.05) is 0 Å². The number of ether oxygens (including phenoxy) is 1. The van der Waals surface area contributed by atoms with Gasteiger partial charge in [-0.2, -0.15) is 9.29 Å². The second-order valence-corrected chi connectivity index (χ2v) is 15.2. The number of hydrogen-bond acceptors (Lipinski definition) is 18. The van der Waals surface area contributed by atoms with Crippen LogP contribution in [0.4, 0.5) is 5.82 Å². The fraction of sp³-hybridized carbons (Fsp3) is 0.444. The number of rotatable bonds is 13. The summed E-state index contributed by atoms with van der Waals surface area (Å²) >= 11 is 0. The zero-order valence-electron chi connectivity index (χ0n) is 27.5. The molecule has 1 aromatic carbocycles. The molecule has 1 saturated heterocycles. The number of phosphoric ester groups is 2. The van der Waals surface area contributed by atoms with Crippen LogP contribution in [0.3, 0.4) is 0 Å². The van der Waals surface area contributed by atoms with Crippen molar-refractivity contribution in [2.45, 2.75) is 63.2 Å². The van der Waals surface area contributed by atoms with E-state index in [4.69, 9.17) is 15.0 Å². The fourth-order valence-corrected chi connectivity index (χ4v) is 7.70. The van der Waals surface area contributed by atoms with Crippen LogP contribution in [-0.2, 0) is 33.8 Å². The number of imidazole rings is 1. The predicted octanol–water partition coefficient (Wildman–Crippen LogP) is -2.96. The number of anilines is 1. The normalized spacial score (nSPS) is 23.3. The minimum atomic E-state index is -5.54. The summed E-state index contributed by atoms with van der Waals surface area (Å²) < 4.78 is 46.7. The molecule has 0 spiro atoms. The maximum Gasteiger partial charge on any atom is 0.481 e. The van der Waals surface area contributed by atoms with E-state index in [0.29, 0.717) is 11.0 Å². The van der Waals surface area contributed by atoms with Gasteiger partial charge in [0.15, 0.2) is 23.2 Å². The average molecular weight is 787 g/mol. The second-order valence-electron chi connectivity index (χ2n) is 12.1. The summed E-state index contributed by atoms with van der Waals surface area (Å²) in [6.45, 7) is 0.855. The van der Waals surface area contributed by atoms with E-state index in [9.17, 15) is 54.0 Å². The topological polar surface area (TPSA) is 365 Å². The van der Waals surface area contributed by atoms with Gasteiger partial charge in [-0.1, -0.05) is 0 Å². The number of fused-ring (bicyclic) bond motifs is 3. The van der Waals surface area contributed by atoms with Crippen molar-refractivity contribution in [2.24, 2.45) is 0 Å². The Morgan fingerprint density at radius 3 is 2.42 bits per heavy atom. The van der Waals surface area contributed by atoms with Gasteiger partial charge >= 0.3 is 27.0 Å². The number of aliphatic hydroxyl groups excluding tert-OH is 5. The molecule has 5 heterocycles. The highest BCUT2D eigenvalue weighted by Gasteiger charge is 2.46. The van der Waals surface area contributed by atoms with Gasteiger partial charge in [-0.3, -0.25) is 23.4 Å². The lowest BCUT2D eigenvalue weighted by atomic mass is 10.1. The molecule has 11 N–H and O–H groups in total. The fourth-order valence-electron chi connectivity index (χ4n) is 5.61. The molecule has 0 amide bonds. The van der Waals surface area contributed by atoms with E-state index in [2.05, 4.69) is 38.7 Å². The number of aryl methyl sites for hydroxylation is 2. The van der Waals surface area contributed by atoms with E-state index in [1.165, 1.54) is 15.5 Å². The van der Waals surface area contributed by atoms with Gasteiger partial charge < -0.3 is 45.8 Å². The Labute approximate surface area is 295 Å². The molecule has 5 aromatic rings. The number of aromatic amines is 2. The van der Waals surface area contributed by atoms with Gasteiger partial charge in [0.25, 0.3) is 5.56 Å². The van der Waals surface area contributed by atoms with E-state index in [1.807, 2.05) is 0 Å². The maximum atomic E-state index is 12.5. The highest BCUT2D eigenvalue weighted by Crippen LogP contribution is 2.60. The van der Waals surface area contributed by atoms with Crippen molar-refractivity contribution in [3.8, 4) is 0 Å². The van der Waals surface area contributed by atoms with Gasteiger partial charge in [-0.25, -0.2) is 38.4 Å². The summed E-state index contributed by atoms with van der Waals surface area (Å²) in [7, 11) is -11.0. The van der Waals surface area contributed by atoms with Crippen LogP contribution in [0.5, 0.6) is 0 Å². The lowest BCUT2D eigenvalue weighted by Gasteiger charge is -2.24. The van der Waals surface area contributed by atoms with Crippen LogP contribution in [0.15, 0.2) is 34.4 Å². The zero-order valence-corrected chi connectivity index (χ0v) is 29.3. The van der Waals surface area contributed by atoms with Crippen LogP contribution >= 0.6 is 15.6 Å². The molecule has 1 fully saturated rings. The molecule has 1 aliphatic rings. The third kappa shape index (κ3) is 7.91. The van der Waals surface area contributed by atoms with Crippen molar-refractivity contribution < 1.29 is 67.1 Å². The molecule has 1 aliphatic heterocycles. The summed E-state index contributed by atoms with van der Waals surface area (Å²) in [5.74, 6) is 0.0305. The predicted molar refractivity (Wildman–Crippen MR) is 176 cm³/mol. The third-order valence-electron chi connectivity index (χ3n) is 8.46. The van der Waals surface area contributed by atoms with Crippen molar-refractivity contribution in [2.75, 3.05) is 18.9 Å². The SMILES string of the molecule is Cc1cc2nc3c(=O)[nH]c(=O)[nH]c3[n+](C[C@H](O)[C@@H](O)[C@@H](O)COP(=O)(O)OP(=O)(O)OC[C@H]3O[C@@H](n4cnc5c(N)ncnc54)[C@H](O)[C@@H]3O)c2cc1C. The van der Waals surface area contributed by atoms with Gasteiger partial charge in [0.05, 0.1) is 19.5 Å². The minimum absolute atomic E-state index is 0.0305. The molecule has 0 radical (unpaired) electrons. The van der Waals surface area contributed by atoms with Crippen molar-refractivity contribution in [3.63, 3.8) is 0 Å². The van der Waals surface area contributed by atoms with Gasteiger partial charge in [-0.05, 0) is 37.1 Å². The molecule has 0 aliphatic carbocycles. The minimum Gasteiger partial charge on any atom is -0.388 e. The number of aliphatic hydroxyl groups is 5. The quantitative estimate of drug-likeness (QED) is 0.0324. The van der Waals surface area contributed by atoms with Crippen molar-refractivity contribution >= 4 is 54.8 Å². The van der Waals surface area contributed by atoms with E-state index < -0.39 is 89.5 Å². The van der Waals surface area contributed by atoms with Crippen molar-refractivity contribution in [1.29, 1.82) is 0 Å². The van der Waals surface area contributed by atoms with Crippen LogP contribution in [0.25, 0.3) is 33.4 Å². The molecule has 0 bridgehead atoms. The molecule has 2 unspecified atom stereocenters. The first kappa shape index (κ1) is 38.6. The number of nitrogens with two attached hydrogens (primary N) is 1. The molecule has 0 saturated carbocycles. The van der Waals surface area contributed by atoms with Crippen LogP contribution in [-0.4, -0.2) is 120 Å². The van der Waals surface area contributed by atoms with Crippen LogP contribution < -0.4 is 21.5 Å². The lowest BCUT2D eigenvalue weighted by Crippen LogP contribution is -2.51. The summed E-state index contributed by atoms with van der Waals surface area (Å²) in [6.07, 6.45) is -9.88. The van der Waals surface area contributed by atoms with Crippen molar-refractivity contribution in [3.05, 3.63) is 56.8 Å². The Balaban J connectivity index is 1.07. The average Bonchev–Trinajstić information content (AvgIpc) is 3.63. The van der Waals surface area contributed by atoms with Crippen molar-refractivity contribution in [1.82, 2.24) is 34.5 Å². The van der Waals surface area contributed by atoms with E-state index >= 15 is 0 Å². The number of benzene rings is 1. The molecule has 26 heteroatoms. The summed E-state index contributed by atoms with van der Waals surface area (Å²) in [5, 5.41) is 53.1. The molecular formula is C27H34N9O15P2+. The Bertz CT molecular complexity index is 2410.